The Morgan fingerprint density at radius 1 is 1.44 bits per heavy atom. The zero-order valence-electron chi connectivity index (χ0n) is 14.5. The Morgan fingerprint density at radius 3 is 3.08 bits per heavy atom. The molecule has 1 unspecified atom stereocenters. The van der Waals surface area contributed by atoms with Crippen LogP contribution in [0.15, 0.2) is 35.9 Å². The summed E-state index contributed by atoms with van der Waals surface area (Å²) in [6.45, 7) is 2.99. The van der Waals surface area contributed by atoms with Crippen molar-refractivity contribution >= 4 is 11.7 Å². The lowest BCUT2D eigenvalue weighted by Crippen LogP contribution is -2.73. The summed E-state index contributed by atoms with van der Waals surface area (Å²) in [5.41, 5.74) is 2.89. The molecule has 4 aliphatic heterocycles. The van der Waals surface area contributed by atoms with Gasteiger partial charge in [-0.05, 0) is 30.9 Å². The normalized spacial score (nSPS) is 46.9. The molecule has 1 saturated carbocycles. The zero-order chi connectivity index (χ0) is 17.0. The minimum absolute atomic E-state index is 0.0780. The maximum absolute atomic E-state index is 13.1. The number of hydrogen-bond acceptors (Lipinski definition) is 5. The number of methoxy groups -OCH3 is 1. The number of carbonyl (C=O) groups is 1. The molecule has 0 aromatic heterocycles. The second kappa shape index (κ2) is 4.27. The first kappa shape index (κ1) is 14.3. The van der Waals surface area contributed by atoms with Gasteiger partial charge in [-0.15, -0.1) is 0 Å². The molecule has 5 nitrogen and oxygen atoms in total. The Morgan fingerprint density at radius 2 is 2.28 bits per heavy atom. The van der Waals surface area contributed by atoms with Crippen molar-refractivity contribution in [1.29, 1.82) is 0 Å². The molecule has 5 heteroatoms. The van der Waals surface area contributed by atoms with Crippen molar-refractivity contribution in [3.8, 4) is 0 Å². The van der Waals surface area contributed by atoms with Gasteiger partial charge in [-0.3, -0.25) is 9.69 Å². The molecule has 1 aliphatic carbocycles. The molecule has 1 N–H and O–H groups in total. The SMILES string of the molecule is C/C=C1/CN2[C@@H]3C[C@@]45c6ccccc6N[C@]4(O3)[C@@H]2C[C@H]1C5C(=O)OC. The van der Waals surface area contributed by atoms with Crippen molar-refractivity contribution in [2.75, 3.05) is 19.0 Å². The van der Waals surface area contributed by atoms with Crippen LogP contribution in [0, 0.1) is 11.8 Å². The number of ether oxygens (including phenoxy) is 2. The summed E-state index contributed by atoms with van der Waals surface area (Å²) in [4.78, 5) is 15.6. The number of para-hydroxylation sites is 1. The summed E-state index contributed by atoms with van der Waals surface area (Å²) >= 11 is 0. The highest BCUT2D eigenvalue weighted by Crippen LogP contribution is 2.72. The van der Waals surface area contributed by atoms with E-state index in [0.717, 1.165) is 25.1 Å². The number of fused-ring (bicyclic) bond motifs is 4. The number of nitrogens with one attached hydrogen (secondary N) is 1. The largest absolute Gasteiger partial charge is 0.469 e. The molecule has 25 heavy (non-hydrogen) atoms. The fourth-order valence-electron chi connectivity index (χ4n) is 6.75. The standard InChI is InChI=1S/C20H22N2O3/c1-3-11-10-22-15-8-12(11)17(18(23)24-2)19-9-16(22)25-20(15,19)21-14-7-5-4-6-13(14)19/h3-7,12,15-17,21H,8-10H2,1-2H3/b11-3-/t12-,15+,16+,17?,19+,20+/m1/s1. The molecule has 1 aromatic rings. The van der Waals surface area contributed by atoms with Crippen LogP contribution in [0.1, 0.15) is 25.3 Å². The summed E-state index contributed by atoms with van der Waals surface area (Å²) < 4.78 is 12.0. The second-order valence-electron chi connectivity index (χ2n) is 8.05. The highest BCUT2D eigenvalue weighted by molar-refractivity contribution is 5.81. The smallest absolute Gasteiger partial charge is 0.310 e. The van der Waals surface area contributed by atoms with Crippen LogP contribution in [0.25, 0.3) is 0 Å². The van der Waals surface area contributed by atoms with Crippen molar-refractivity contribution in [1.82, 2.24) is 4.90 Å². The molecule has 3 saturated heterocycles. The predicted octanol–water partition coefficient (Wildman–Crippen LogP) is 2.25. The van der Waals surface area contributed by atoms with Crippen LogP contribution >= 0.6 is 0 Å². The van der Waals surface area contributed by atoms with Gasteiger partial charge in [-0.1, -0.05) is 29.8 Å². The van der Waals surface area contributed by atoms with Crippen molar-refractivity contribution in [3.63, 3.8) is 0 Å². The molecular formula is C20H22N2O3. The van der Waals surface area contributed by atoms with Gasteiger partial charge in [-0.25, -0.2) is 0 Å². The molecule has 6 atom stereocenters. The lowest BCUT2D eigenvalue weighted by molar-refractivity contribution is -0.161. The third-order valence-corrected chi connectivity index (χ3v) is 7.53. The van der Waals surface area contributed by atoms with Gasteiger partial charge in [0.25, 0.3) is 0 Å². The fraction of sp³-hybridized carbons (Fsp3) is 0.550. The number of allylic oxidation sites excluding steroid dienone is 1. The zero-order valence-corrected chi connectivity index (χ0v) is 14.5. The third-order valence-electron chi connectivity index (χ3n) is 7.53. The van der Waals surface area contributed by atoms with Crippen LogP contribution in [0.2, 0.25) is 0 Å². The number of carbonyl (C=O) groups excluding carboxylic acids is 1. The monoisotopic (exact) mass is 338 g/mol. The van der Waals surface area contributed by atoms with Crippen LogP contribution in [0.5, 0.6) is 0 Å². The van der Waals surface area contributed by atoms with E-state index in [1.165, 1.54) is 18.2 Å². The Hall–Kier alpha value is -1.85. The van der Waals surface area contributed by atoms with E-state index in [2.05, 4.69) is 47.5 Å². The molecule has 6 rings (SSSR count). The first-order chi connectivity index (χ1) is 12.2. The van der Waals surface area contributed by atoms with E-state index in [1.54, 1.807) is 0 Å². The van der Waals surface area contributed by atoms with Gasteiger partial charge in [0.2, 0.25) is 0 Å². The quantitative estimate of drug-likeness (QED) is 0.629. The van der Waals surface area contributed by atoms with Crippen molar-refractivity contribution in [2.45, 2.75) is 43.2 Å². The van der Waals surface area contributed by atoms with Gasteiger partial charge in [0.15, 0.2) is 5.72 Å². The highest BCUT2D eigenvalue weighted by atomic mass is 16.6. The molecular weight excluding hydrogens is 316 g/mol. The first-order valence-electron chi connectivity index (χ1n) is 9.20. The summed E-state index contributed by atoms with van der Waals surface area (Å²) in [5.74, 6) is -0.0451. The van der Waals surface area contributed by atoms with Crippen LogP contribution in [-0.4, -0.2) is 42.5 Å². The maximum atomic E-state index is 13.1. The number of benzene rings is 1. The predicted molar refractivity (Wildman–Crippen MR) is 91.8 cm³/mol. The van der Waals surface area contributed by atoms with E-state index >= 15 is 0 Å². The molecule has 1 spiro atoms. The average Bonchev–Trinajstić information content (AvgIpc) is 3.22. The minimum atomic E-state index is -0.490. The Kier molecular flexibility index (Phi) is 2.45. The van der Waals surface area contributed by atoms with Gasteiger partial charge in [-0.2, -0.15) is 0 Å². The molecule has 0 radical (unpaired) electrons. The van der Waals surface area contributed by atoms with Gasteiger partial charge in [0.1, 0.15) is 6.23 Å². The van der Waals surface area contributed by atoms with Crippen LogP contribution in [0.4, 0.5) is 5.69 Å². The summed E-state index contributed by atoms with van der Waals surface area (Å²) in [6.07, 6.45) is 4.10. The molecule has 4 heterocycles. The van der Waals surface area contributed by atoms with Crippen molar-refractivity contribution < 1.29 is 14.3 Å². The molecule has 1 aromatic carbocycles. The topological polar surface area (TPSA) is 50.8 Å². The van der Waals surface area contributed by atoms with Crippen LogP contribution < -0.4 is 5.32 Å². The van der Waals surface area contributed by atoms with Crippen LogP contribution in [-0.2, 0) is 19.7 Å². The van der Waals surface area contributed by atoms with Gasteiger partial charge in [0, 0.05) is 18.7 Å². The number of anilines is 1. The molecule has 5 aliphatic rings. The van der Waals surface area contributed by atoms with Gasteiger partial charge < -0.3 is 14.8 Å². The minimum Gasteiger partial charge on any atom is -0.469 e. The Balaban J connectivity index is 1.67. The summed E-state index contributed by atoms with van der Waals surface area (Å²) in [7, 11) is 1.52. The van der Waals surface area contributed by atoms with Crippen molar-refractivity contribution in [3.05, 3.63) is 41.5 Å². The Labute approximate surface area is 147 Å². The third kappa shape index (κ3) is 1.30. The number of esters is 1. The van der Waals surface area contributed by atoms with E-state index in [1.807, 2.05) is 0 Å². The van der Waals surface area contributed by atoms with E-state index in [9.17, 15) is 4.79 Å². The fourth-order valence-corrected chi connectivity index (χ4v) is 6.75. The number of piperidine rings is 2. The summed E-state index contributed by atoms with van der Waals surface area (Å²) in [5, 5.41) is 3.73. The second-order valence-corrected chi connectivity index (χ2v) is 8.05. The lowest BCUT2D eigenvalue weighted by Gasteiger charge is -2.60. The molecule has 4 bridgehead atoms. The number of rotatable bonds is 1. The number of nitrogens with zero attached hydrogens (tertiary/aromatic N) is 1. The van der Waals surface area contributed by atoms with E-state index in [0.29, 0.717) is 6.04 Å². The number of hydrogen-bond donors (Lipinski definition) is 1. The lowest BCUT2D eigenvalue weighted by atomic mass is 9.49. The molecule has 130 valence electrons. The van der Waals surface area contributed by atoms with Gasteiger partial charge in [0.05, 0.1) is 24.5 Å². The average molecular weight is 338 g/mol. The first-order valence-corrected chi connectivity index (χ1v) is 9.20. The van der Waals surface area contributed by atoms with E-state index in [-0.39, 0.29) is 29.4 Å². The van der Waals surface area contributed by atoms with E-state index in [4.69, 9.17) is 9.47 Å². The molecule has 4 fully saturated rings. The van der Waals surface area contributed by atoms with Crippen molar-refractivity contribution in [2.24, 2.45) is 11.8 Å². The highest BCUT2D eigenvalue weighted by Gasteiger charge is 2.82. The molecule has 0 amide bonds. The Bertz CT molecular complexity index is 836. The van der Waals surface area contributed by atoms with E-state index < -0.39 is 5.72 Å². The summed E-state index contributed by atoms with van der Waals surface area (Å²) in [6, 6.07) is 8.74. The van der Waals surface area contributed by atoms with Gasteiger partial charge >= 0.3 is 5.97 Å². The van der Waals surface area contributed by atoms with Crippen LogP contribution in [0.3, 0.4) is 0 Å². The maximum Gasteiger partial charge on any atom is 0.310 e.